The van der Waals surface area contributed by atoms with E-state index in [-0.39, 0.29) is 0 Å². The van der Waals surface area contributed by atoms with Crippen molar-refractivity contribution in [3.8, 4) is 0 Å². The summed E-state index contributed by atoms with van der Waals surface area (Å²) in [6.45, 7) is 6.72. The number of piperidine rings is 1. The molecule has 0 atom stereocenters. The molecule has 24 heavy (non-hydrogen) atoms. The van der Waals surface area contributed by atoms with Crippen LogP contribution in [0.4, 0.5) is 0 Å². The highest BCUT2D eigenvalue weighted by Gasteiger charge is 2.24. The maximum atomic E-state index is 4.17. The zero-order valence-electron chi connectivity index (χ0n) is 14.3. The fourth-order valence-corrected chi connectivity index (χ4v) is 4.07. The minimum absolute atomic E-state index is 0.688. The average molecular weight is 323 g/mol. The first-order chi connectivity index (χ1) is 11.8. The highest BCUT2D eigenvalue weighted by molar-refractivity contribution is 5.85. The molecule has 126 valence electrons. The van der Waals surface area contributed by atoms with E-state index in [1.54, 1.807) is 18.2 Å². The maximum Gasteiger partial charge on any atom is 0.137 e. The van der Waals surface area contributed by atoms with Crippen LogP contribution in [0.15, 0.2) is 36.9 Å². The summed E-state index contributed by atoms with van der Waals surface area (Å²) < 4.78 is 1.92. The molecule has 2 aromatic heterocycles. The van der Waals surface area contributed by atoms with E-state index in [1.807, 2.05) is 4.68 Å². The third-order valence-corrected chi connectivity index (χ3v) is 5.27. The van der Waals surface area contributed by atoms with Crippen LogP contribution < -0.4 is 0 Å². The molecule has 1 aromatic carbocycles. The number of aromatic amines is 1. The average Bonchev–Trinajstić information content (AvgIpc) is 3.22. The van der Waals surface area contributed by atoms with Crippen molar-refractivity contribution in [1.82, 2.24) is 24.6 Å². The molecule has 1 fully saturated rings. The topological polar surface area (TPSA) is 49.7 Å². The summed E-state index contributed by atoms with van der Waals surface area (Å²) in [5.41, 5.74) is 4.17. The quantitative estimate of drug-likeness (QED) is 0.783. The Balaban J connectivity index is 1.34. The van der Waals surface area contributed by atoms with Crippen LogP contribution in [0.2, 0.25) is 0 Å². The molecule has 0 aliphatic carbocycles. The number of hydrogen-bond donors (Lipinski definition) is 1. The van der Waals surface area contributed by atoms with E-state index in [2.05, 4.69) is 51.2 Å². The number of benzene rings is 1. The molecule has 0 saturated carbocycles. The van der Waals surface area contributed by atoms with E-state index in [0.717, 1.165) is 19.5 Å². The molecule has 0 bridgehead atoms. The normalized spacial score (nSPS) is 16.9. The van der Waals surface area contributed by atoms with Crippen molar-refractivity contribution in [2.24, 2.45) is 0 Å². The Hall–Kier alpha value is -2.14. The first-order valence-corrected chi connectivity index (χ1v) is 8.93. The van der Waals surface area contributed by atoms with Gasteiger partial charge in [0.2, 0.25) is 0 Å². The van der Waals surface area contributed by atoms with Crippen LogP contribution in [0.1, 0.15) is 36.4 Å². The van der Waals surface area contributed by atoms with Crippen LogP contribution in [0.25, 0.3) is 10.9 Å². The Morgan fingerprint density at radius 2 is 2.00 bits per heavy atom. The molecule has 3 heterocycles. The van der Waals surface area contributed by atoms with Crippen LogP contribution in [0.5, 0.6) is 0 Å². The first kappa shape index (κ1) is 15.4. The van der Waals surface area contributed by atoms with E-state index < -0.39 is 0 Å². The van der Waals surface area contributed by atoms with Crippen molar-refractivity contribution in [1.29, 1.82) is 0 Å². The number of H-pyrrole nitrogens is 1. The Morgan fingerprint density at radius 3 is 2.79 bits per heavy atom. The number of aromatic nitrogens is 4. The van der Waals surface area contributed by atoms with Crippen molar-refractivity contribution in [2.75, 3.05) is 19.6 Å². The number of fused-ring (bicyclic) bond motifs is 1. The fourth-order valence-electron chi connectivity index (χ4n) is 4.07. The zero-order chi connectivity index (χ0) is 16.4. The van der Waals surface area contributed by atoms with E-state index in [9.17, 15) is 0 Å². The van der Waals surface area contributed by atoms with Gasteiger partial charge in [-0.1, -0.05) is 18.2 Å². The lowest BCUT2D eigenvalue weighted by molar-refractivity contribution is 0.206. The highest BCUT2D eigenvalue weighted by Crippen LogP contribution is 2.35. The summed E-state index contributed by atoms with van der Waals surface area (Å²) in [4.78, 5) is 10.1. The summed E-state index contributed by atoms with van der Waals surface area (Å²) in [5, 5.41) is 5.58. The second-order valence-corrected chi connectivity index (χ2v) is 6.84. The van der Waals surface area contributed by atoms with Gasteiger partial charge >= 0.3 is 0 Å². The van der Waals surface area contributed by atoms with Crippen LogP contribution in [0.3, 0.4) is 0 Å². The monoisotopic (exact) mass is 323 g/mol. The van der Waals surface area contributed by atoms with Gasteiger partial charge < -0.3 is 9.88 Å². The van der Waals surface area contributed by atoms with E-state index in [0.29, 0.717) is 5.92 Å². The van der Waals surface area contributed by atoms with Crippen LogP contribution >= 0.6 is 0 Å². The molecule has 1 N–H and O–H groups in total. The Labute approximate surface area is 142 Å². The Morgan fingerprint density at radius 1 is 1.17 bits per heavy atom. The minimum atomic E-state index is 0.688. The number of likely N-dealkylation sites (tertiary alicyclic amines) is 1. The molecule has 1 aliphatic rings. The molecule has 0 radical (unpaired) electrons. The van der Waals surface area contributed by atoms with Crippen molar-refractivity contribution in [3.05, 3.63) is 48.2 Å². The minimum Gasteiger partial charge on any atom is -0.358 e. The highest BCUT2D eigenvalue weighted by atomic mass is 15.3. The second-order valence-electron chi connectivity index (χ2n) is 6.84. The van der Waals surface area contributed by atoms with Gasteiger partial charge in [0.15, 0.2) is 0 Å². The molecule has 1 saturated heterocycles. The zero-order valence-corrected chi connectivity index (χ0v) is 14.3. The number of nitrogens with zero attached hydrogens (tertiary/aromatic N) is 4. The molecule has 0 unspecified atom stereocenters. The van der Waals surface area contributed by atoms with E-state index in [4.69, 9.17) is 0 Å². The SMILES string of the molecule is Cc1[nH]c2ccccc2c1C1CCN(CCCn2cncn2)CC1. The maximum absolute atomic E-state index is 4.17. The summed E-state index contributed by atoms with van der Waals surface area (Å²) in [6.07, 6.45) is 7.05. The van der Waals surface area contributed by atoms with Gasteiger partial charge in [0.1, 0.15) is 12.7 Å². The predicted molar refractivity (Wildman–Crippen MR) is 96.1 cm³/mol. The van der Waals surface area contributed by atoms with Crippen LogP contribution in [0, 0.1) is 6.92 Å². The third kappa shape index (κ3) is 3.08. The summed E-state index contributed by atoms with van der Waals surface area (Å²) >= 11 is 0. The Bertz CT molecular complexity index is 781. The van der Waals surface area contributed by atoms with E-state index in [1.165, 1.54) is 42.5 Å². The molecule has 3 aromatic rings. The molecule has 1 aliphatic heterocycles. The Kier molecular flexibility index (Phi) is 4.34. The largest absolute Gasteiger partial charge is 0.358 e. The fraction of sp³-hybridized carbons (Fsp3) is 0.474. The lowest BCUT2D eigenvalue weighted by atomic mass is 9.87. The third-order valence-electron chi connectivity index (χ3n) is 5.27. The van der Waals surface area contributed by atoms with Gasteiger partial charge in [0.05, 0.1) is 0 Å². The standard InChI is InChI=1S/C19H25N5/c1-15-19(17-5-2-3-6-18(17)22-15)16-7-11-23(12-8-16)9-4-10-24-14-20-13-21-24/h2-3,5-6,13-14,16,22H,4,7-12H2,1H3. The van der Waals surface area contributed by atoms with Crippen molar-refractivity contribution < 1.29 is 0 Å². The summed E-state index contributed by atoms with van der Waals surface area (Å²) in [7, 11) is 0. The predicted octanol–water partition coefficient (Wildman–Crippen LogP) is 3.34. The van der Waals surface area contributed by atoms with Gasteiger partial charge in [-0.05, 0) is 63.4 Å². The van der Waals surface area contributed by atoms with Crippen molar-refractivity contribution >= 4 is 10.9 Å². The van der Waals surface area contributed by atoms with Gasteiger partial charge in [0, 0.05) is 23.1 Å². The molecular weight excluding hydrogens is 298 g/mol. The van der Waals surface area contributed by atoms with Crippen LogP contribution in [-0.2, 0) is 6.54 Å². The molecular formula is C19H25N5. The van der Waals surface area contributed by atoms with E-state index >= 15 is 0 Å². The number of aryl methyl sites for hydroxylation is 2. The number of nitrogens with one attached hydrogen (secondary N) is 1. The number of hydrogen-bond acceptors (Lipinski definition) is 3. The second kappa shape index (κ2) is 6.77. The lowest BCUT2D eigenvalue weighted by Crippen LogP contribution is -2.34. The molecule has 0 spiro atoms. The summed E-state index contributed by atoms with van der Waals surface area (Å²) in [6, 6.07) is 8.71. The van der Waals surface area contributed by atoms with Crippen molar-refractivity contribution in [3.63, 3.8) is 0 Å². The van der Waals surface area contributed by atoms with Crippen LogP contribution in [-0.4, -0.2) is 44.3 Å². The molecule has 0 amide bonds. The molecule has 5 nitrogen and oxygen atoms in total. The van der Waals surface area contributed by atoms with Crippen molar-refractivity contribution in [2.45, 2.75) is 38.6 Å². The molecule has 4 rings (SSSR count). The smallest absolute Gasteiger partial charge is 0.137 e. The van der Waals surface area contributed by atoms with Gasteiger partial charge in [-0.2, -0.15) is 5.10 Å². The van der Waals surface area contributed by atoms with Gasteiger partial charge in [-0.25, -0.2) is 4.98 Å². The summed E-state index contributed by atoms with van der Waals surface area (Å²) in [5.74, 6) is 0.688. The van der Waals surface area contributed by atoms with Gasteiger partial charge in [-0.15, -0.1) is 0 Å². The van der Waals surface area contributed by atoms with Gasteiger partial charge in [-0.3, -0.25) is 4.68 Å². The van der Waals surface area contributed by atoms with Gasteiger partial charge in [0.25, 0.3) is 0 Å². The first-order valence-electron chi connectivity index (χ1n) is 8.93. The lowest BCUT2D eigenvalue weighted by Gasteiger charge is -2.32. The number of rotatable bonds is 5. The molecule has 5 heteroatoms. The number of para-hydroxylation sites is 1.